The van der Waals surface area contributed by atoms with Gasteiger partial charge in [0.1, 0.15) is 0 Å². The fraction of sp³-hybridized carbons (Fsp3) is 1.00. The summed E-state index contributed by atoms with van der Waals surface area (Å²) < 4.78 is 0. The summed E-state index contributed by atoms with van der Waals surface area (Å²) in [5.74, 6) is 0. The fourth-order valence-corrected chi connectivity index (χ4v) is 1.88. The van der Waals surface area contributed by atoms with E-state index < -0.39 is 0 Å². The normalized spacial score (nSPS) is 23.6. The van der Waals surface area contributed by atoms with Crippen LogP contribution in [0.15, 0.2) is 0 Å². The molecule has 0 aliphatic carbocycles. The van der Waals surface area contributed by atoms with E-state index in [0.29, 0.717) is 6.04 Å². The Hall–Kier alpha value is -0.160. The quantitative estimate of drug-likeness (QED) is 0.580. The predicted molar refractivity (Wildman–Crippen MR) is 65.3 cm³/mol. The summed E-state index contributed by atoms with van der Waals surface area (Å²) in [5, 5.41) is 6.97. The molecular weight excluding hydrogens is 188 g/mol. The van der Waals surface area contributed by atoms with Crippen LogP contribution < -0.4 is 10.6 Å². The first-order valence-corrected chi connectivity index (χ1v) is 5.96. The first-order valence-electron chi connectivity index (χ1n) is 5.96. The molecule has 1 fully saturated rings. The van der Waals surface area contributed by atoms with Crippen LogP contribution in [0.4, 0.5) is 0 Å². The van der Waals surface area contributed by atoms with Crippen molar-refractivity contribution in [1.82, 2.24) is 20.4 Å². The number of piperazine rings is 1. The molecule has 0 amide bonds. The molecule has 1 atom stereocenters. The highest BCUT2D eigenvalue weighted by molar-refractivity contribution is 4.78. The van der Waals surface area contributed by atoms with Crippen LogP contribution in [-0.4, -0.2) is 76.3 Å². The lowest BCUT2D eigenvalue weighted by atomic mass is 10.2. The minimum absolute atomic E-state index is 0.665. The van der Waals surface area contributed by atoms with E-state index in [1.807, 2.05) is 0 Å². The minimum Gasteiger partial charge on any atom is -0.315 e. The van der Waals surface area contributed by atoms with Gasteiger partial charge in [-0.15, -0.1) is 0 Å². The van der Waals surface area contributed by atoms with Crippen molar-refractivity contribution in [1.29, 1.82) is 0 Å². The zero-order valence-corrected chi connectivity index (χ0v) is 10.4. The van der Waals surface area contributed by atoms with Crippen LogP contribution in [-0.2, 0) is 0 Å². The summed E-state index contributed by atoms with van der Waals surface area (Å²) in [5.41, 5.74) is 0. The van der Waals surface area contributed by atoms with E-state index in [2.05, 4.69) is 41.6 Å². The van der Waals surface area contributed by atoms with Crippen LogP contribution in [0, 0.1) is 0 Å². The van der Waals surface area contributed by atoms with Crippen molar-refractivity contribution in [2.45, 2.75) is 12.5 Å². The molecule has 15 heavy (non-hydrogen) atoms. The molecule has 0 aromatic rings. The van der Waals surface area contributed by atoms with Gasteiger partial charge in [-0.1, -0.05) is 0 Å². The SMILES string of the molecule is CN(C)CCCNCC1CNCCN1C. The molecule has 1 aliphatic heterocycles. The van der Waals surface area contributed by atoms with Crippen LogP contribution in [0.1, 0.15) is 6.42 Å². The molecule has 0 spiro atoms. The third kappa shape index (κ3) is 5.47. The maximum absolute atomic E-state index is 3.53. The number of hydrogen-bond donors (Lipinski definition) is 2. The zero-order chi connectivity index (χ0) is 11.1. The Morgan fingerprint density at radius 3 is 2.93 bits per heavy atom. The van der Waals surface area contributed by atoms with Crippen LogP contribution in [0.2, 0.25) is 0 Å². The molecule has 1 unspecified atom stereocenters. The lowest BCUT2D eigenvalue weighted by Crippen LogP contribution is -2.53. The summed E-state index contributed by atoms with van der Waals surface area (Å²) in [6.45, 7) is 6.83. The van der Waals surface area contributed by atoms with Gasteiger partial charge in [0.15, 0.2) is 0 Å². The Morgan fingerprint density at radius 1 is 1.47 bits per heavy atom. The maximum atomic E-state index is 3.53. The van der Waals surface area contributed by atoms with E-state index in [-0.39, 0.29) is 0 Å². The molecule has 2 N–H and O–H groups in total. The van der Waals surface area contributed by atoms with Crippen molar-refractivity contribution in [2.75, 3.05) is 60.4 Å². The molecule has 4 nitrogen and oxygen atoms in total. The van der Waals surface area contributed by atoms with Crippen molar-refractivity contribution in [3.8, 4) is 0 Å². The van der Waals surface area contributed by atoms with E-state index in [1.165, 1.54) is 19.5 Å². The molecule has 90 valence electrons. The first-order chi connectivity index (χ1) is 7.20. The Kier molecular flexibility index (Phi) is 6.17. The lowest BCUT2D eigenvalue weighted by Gasteiger charge is -2.33. The molecule has 1 rings (SSSR count). The molecule has 0 aromatic carbocycles. The van der Waals surface area contributed by atoms with Gasteiger partial charge in [-0.3, -0.25) is 4.90 Å². The Morgan fingerprint density at radius 2 is 2.27 bits per heavy atom. The number of rotatable bonds is 6. The summed E-state index contributed by atoms with van der Waals surface area (Å²) in [7, 11) is 6.46. The number of nitrogens with one attached hydrogen (secondary N) is 2. The molecule has 1 saturated heterocycles. The largest absolute Gasteiger partial charge is 0.315 e. The second kappa shape index (κ2) is 7.17. The molecule has 1 aliphatic rings. The molecular formula is C11H26N4. The van der Waals surface area contributed by atoms with E-state index in [4.69, 9.17) is 0 Å². The molecule has 0 radical (unpaired) electrons. The molecule has 0 aromatic heterocycles. The van der Waals surface area contributed by atoms with E-state index in [1.54, 1.807) is 0 Å². The number of nitrogens with zero attached hydrogens (tertiary/aromatic N) is 2. The van der Waals surface area contributed by atoms with Crippen molar-refractivity contribution in [2.24, 2.45) is 0 Å². The van der Waals surface area contributed by atoms with Crippen molar-refractivity contribution < 1.29 is 0 Å². The number of likely N-dealkylation sites (N-methyl/N-ethyl adjacent to an activating group) is 1. The van der Waals surface area contributed by atoms with Gasteiger partial charge in [0.2, 0.25) is 0 Å². The van der Waals surface area contributed by atoms with Gasteiger partial charge in [-0.05, 0) is 40.7 Å². The van der Waals surface area contributed by atoms with Crippen LogP contribution in [0.25, 0.3) is 0 Å². The van der Waals surface area contributed by atoms with E-state index in [9.17, 15) is 0 Å². The minimum atomic E-state index is 0.665. The highest BCUT2D eigenvalue weighted by Crippen LogP contribution is 1.97. The topological polar surface area (TPSA) is 30.5 Å². The fourth-order valence-electron chi connectivity index (χ4n) is 1.88. The summed E-state index contributed by atoms with van der Waals surface area (Å²) in [4.78, 5) is 4.67. The molecule has 4 heteroatoms. The van der Waals surface area contributed by atoms with E-state index >= 15 is 0 Å². The van der Waals surface area contributed by atoms with Crippen molar-refractivity contribution in [3.05, 3.63) is 0 Å². The number of hydrogen-bond acceptors (Lipinski definition) is 4. The van der Waals surface area contributed by atoms with Gasteiger partial charge in [0.25, 0.3) is 0 Å². The van der Waals surface area contributed by atoms with Crippen molar-refractivity contribution >= 4 is 0 Å². The Bertz CT molecular complexity index is 161. The average Bonchev–Trinajstić information content (AvgIpc) is 2.20. The van der Waals surface area contributed by atoms with Gasteiger partial charge in [-0.2, -0.15) is 0 Å². The smallest absolute Gasteiger partial charge is 0.0342 e. The zero-order valence-electron chi connectivity index (χ0n) is 10.4. The second-order valence-corrected chi connectivity index (χ2v) is 4.70. The maximum Gasteiger partial charge on any atom is 0.0342 e. The van der Waals surface area contributed by atoms with Gasteiger partial charge in [0, 0.05) is 32.2 Å². The molecule has 1 heterocycles. The van der Waals surface area contributed by atoms with Gasteiger partial charge in [0.05, 0.1) is 0 Å². The highest BCUT2D eigenvalue weighted by Gasteiger charge is 2.17. The summed E-state index contributed by atoms with van der Waals surface area (Å²) in [6, 6.07) is 0.665. The first kappa shape index (κ1) is 12.9. The standard InChI is InChI=1S/C11H26N4/c1-14(2)7-4-5-12-9-11-10-13-6-8-15(11)3/h11-13H,4-10H2,1-3H3. The van der Waals surface area contributed by atoms with Crippen LogP contribution in [0.3, 0.4) is 0 Å². The monoisotopic (exact) mass is 214 g/mol. The highest BCUT2D eigenvalue weighted by atomic mass is 15.2. The second-order valence-electron chi connectivity index (χ2n) is 4.70. The van der Waals surface area contributed by atoms with Gasteiger partial charge < -0.3 is 15.5 Å². The third-order valence-electron chi connectivity index (χ3n) is 2.98. The molecule has 0 saturated carbocycles. The van der Waals surface area contributed by atoms with E-state index in [0.717, 1.165) is 26.2 Å². The Balaban J connectivity index is 1.99. The third-order valence-corrected chi connectivity index (χ3v) is 2.98. The summed E-state index contributed by atoms with van der Waals surface area (Å²) in [6.07, 6.45) is 1.23. The summed E-state index contributed by atoms with van der Waals surface area (Å²) >= 11 is 0. The molecule has 0 bridgehead atoms. The lowest BCUT2D eigenvalue weighted by molar-refractivity contribution is 0.195. The van der Waals surface area contributed by atoms with Crippen LogP contribution in [0.5, 0.6) is 0 Å². The van der Waals surface area contributed by atoms with Gasteiger partial charge >= 0.3 is 0 Å². The predicted octanol–water partition coefficient (Wildman–Crippen LogP) is -0.569. The average molecular weight is 214 g/mol. The van der Waals surface area contributed by atoms with Crippen molar-refractivity contribution in [3.63, 3.8) is 0 Å². The Labute approximate surface area is 94.0 Å². The van der Waals surface area contributed by atoms with Crippen LogP contribution >= 0.6 is 0 Å². The van der Waals surface area contributed by atoms with Gasteiger partial charge in [-0.25, -0.2) is 0 Å².